The first kappa shape index (κ1) is 17.3. The summed E-state index contributed by atoms with van der Waals surface area (Å²) < 4.78 is 6.16. The lowest BCUT2D eigenvalue weighted by Crippen LogP contribution is -2.16. The van der Waals surface area contributed by atoms with Gasteiger partial charge >= 0.3 is 0 Å². The first-order valence-corrected chi connectivity index (χ1v) is 8.35. The highest BCUT2D eigenvalue weighted by Gasteiger charge is 2.23. The summed E-state index contributed by atoms with van der Waals surface area (Å²) in [6, 6.07) is 12.4. The van der Waals surface area contributed by atoms with Crippen molar-refractivity contribution in [3.8, 4) is 11.3 Å². The van der Waals surface area contributed by atoms with Crippen molar-refractivity contribution in [3.63, 3.8) is 0 Å². The number of benzene rings is 1. The van der Waals surface area contributed by atoms with Crippen LogP contribution in [-0.2, 0) is 6.42 Å². The number of hydrogen-bond donors (Lipinski definition) is 0. The van der Waals surface area contributed by atoms with Crippen molar-refractivity contribution in [2.24, 2.45) is 5.41 Å². The molecule has 0 saturated heterocycles. The van der Waals surface area contributed by atoms with E-state index in [0.29, 0.717) is 0 Å². The maximum absolute atomic E-state index is 6.16. The topological polar surface area (TPSA) is 13.1 Å². The van der Waals surface area contributed by atoms with E-state index in [1.807, 2.05) is 18.2 Å². The van der Waals surface area contributed by atoms with Gasteiger partial charge in [-0.15, -0.1) is 6.58 Å². The van der Waals surface area contributed by atoms with Crippen LogP contribution in [0, 0.1) is 12.3 Å². The van der Waals surface area contributed by atoms with Gasteiger partial charge in [-0.1, -0.05) is 55.0 Å². The molecule has 23 heavy (non-hydrogen) atoms. The van der Waals surface area contributed by atoms with Gasteiger partial charge in [-0.25, -0.2) is 0 Å². The first-order valence-electron chi connectivity index (χ1n) is 8.35. The fourth-order valence-electron chi connectivity index (χ4n) is 2.76. The second-order valence-electron chi connectivity index (χ2n) is 6.94. The lowest BCUT2D eigenvalue weighted by Gasteiger charge is -2.24. The van der Waals surface area contributed by atoms with Crippen molar-refractivity contribution < 1.29 is 4.42 Å². The molecule has 1 aromatic heterocycles. The maximum atomic E-state index is 6.16. The van der Waals surface area contributed by atoms with Gasteiger partial charge in [0.15, 0.2) is 0 Å². The van der Waals surface area contributed by atoms with Crippen LogP contribution in [0.25, 0.3) is 11.3 Å². The SMILES string of the molecule is C=CC(C)(CCC=C(C)C)Cc1oc(-c2ccccc2)cc1C. The molecule has 1 aromatic carbocycles. The maximum Gasteiger partial charge on any atom is 0.134 e. The van der Waals surface area contributed by atoms with Crippen LogP contribution in [-0.4, -0.2) is 0 Å². The van der Waals surface area contributed by atoms with Crippen LogP contribution in [0.4, 0.5) is 0 Å². The molecule has 0 N–H and O–H groups in total. The van der Waals surface area contributed by atoms with E-state index in [2.05, 4.69) is 64.6 Å². The molecule has 0 saturated carbocycles. The third-order valence-electron chi connectivity index (χ3n) is 4.40. The van der Waals surface area contributed by atoms with Crippen LogP contribution in [0.5, 0.6) is 0 Å². The fourth-order valence-corrected chi connectivity index (χ4v) is 2.76. The second-order valence-corrected chi connectivity index (χ2v) is 6.94. The van der Waals surface area contributed by atoms with Gasteiger partial charge < -0.3 is 4.42 Å². The Morgan fingerprint density at radius 3 is 2.52 bits per heavy atom. The summed E-state index contributed by atoms with van der Waals surface area (Å²) in [6.45, 7) is 12.7. The number of aryl methyl sites for hydroxylation is 1. The molecule has 0 radical (unpaired) electrons. The molecular formula is C22H28O. The molecule has 0 fully saturated rings. The van der Waals surface area contributed by atoms with Crippen LogP contribution in [0.3, 0.4) is 0 Å². The zero-order chi connectivity index (χ0) is 16.9. The molecule has 0 aliphatic heterocycles. The lowest BCUT2D eigenvalue weighted by atomic mass is 9.80. The van der Waals surface area contributed by atoms with Crippen molar-refractivity contribution in [3.05, 3.63) is 72.0 Å². The molecule has 1 atom stereocenters. The minimum Gasteiger partial charge on any atom is -0.461 e. The Kier molecular flexibility index (Phi) is 5.65. The summed E-state index contributed by atoms with van der Waals surface area (Å²) in [6.07, 6.45) is 7.44. The fraction of sp³-hybridized carbons (Fsp3) is 0.364. The van der Waals surface area contributed by atoms with Crippen LogP contribution >= 0.6 is 0 Å². The molecule has 0 bridgehead atoms. The van der Waals surface area contributed by atoms with Crippen molar-refractivity contribution in [1.82, 2.24) is 0 Å². The summed E-state index contributed by atoms with van der Waals surface area (Å²) in [4.78, 5) is 0. The van der Waals surface area contributed by atoms with Crippen molar-refractivity contribution in [2.45, 2.75) is 47.0 Å². The average molecular weight is 308 g/mol. The predicted molar refractivity (Wildman–Crippen MR) is 99.6 cm³/mol. The summed E-state index contributed by atoms with van der Waals surface area (Å²) in [5.41, 5.74) is 3.78. The van der Waals surface area contributed by atoms with E-state index in [4.69, 9.17) is 4.42 Å². The number of rotatable bonds is 7. The Labute approximate surface area is 140 Å². The zero-order valence-electron chi connectivity index (χ0n) is 14.9. The summed E-state index contributed by atoms with van der Waals surface area (Å²) in [7, 11) is 0. The van der Waals surface area contributed by atoms with Crippen LogP contribution in [0.1, 0.15) is 44.9 Å². The number of allylic oxidation sites excluding steroid dienone is 3. The number of furan rings is 1. The van der Waals surface area contributed by atoms with Gasteiger partial charge in [0.25, 0.3) is 0 Å². The van der Waals surface area contributed by atoms with E-state index in [1.165, 1.54) is 11.1 Å². The molecule has 0 aliphatic rings. The van der Waals surface area contributed by atoms with Crippen molar-refractivity contribution in [2.75, 3.05) is 0 Å². The van der Waals surface area contributed by atoms with Gasteiger partial charge in [-0.05, 0) is 50.7 Å². The summed E-state index contributed by atoms with van der Waals surface area (Å²) >= 11 is 0. The molecule has 1 unspecified atom stereocenters. The first-order chi connectivity index (χ1) is 10.9. The Bertz CT molecular complexity index is 671. The van der Waals surface area contributed by atoms with Crippen molar-refractivity contribution in [1.29, 1.82) is 0 Å². The molecule has 1 heteroatoms. The highest BCUT2D eigenvalue weighted by atomic mass is 16.3. The molecule has 0 aliphatic carbocycles. The van der Waals surface area contributed by atoms with E-state index < -0.39 is 0 Å². The molecule has 122 valence electrons. The van der Waals surface area contributed by atoms with Crippen LogP contribution in [0.2, 0.25) is 0 Å². The Morgan fingerprint density at radius 1 is 1.22 bits per heavy atom. The summed E-state index contributed by atoms with van der Waals surface area (Å²) in [5, 5.41) is 0. The smallest absolute Gasteiger partial charge is 0.134 e. The van der Waals surface area contributed by atoms with E-state index in [9.17, 15) is 0 Å². The molecular weight excluding hydrogens is 280 g/mol. The largest absolute Gasteiger partial charge is 0.461 e. The second kappa shape index (κ2) is 7.50. The third kappa shape index (κ3) is 4.72. The monoisotopic (exact) mass is 308 g/mol. The standard InChI is InChI=1S/C22H28O/c1-6-22(5,14-10-11-17(2)3)16-21-18(4)15-20(23-21)19-12-8-7-9-13-19/h6-9,11-13,15H,1,10,14,16H2,2-5H3. The molecule has 0 amide bonds. The number of hydrogen-bond acceptors (Lipinski definition) is 1. The molecule has 1 nitrogen and oxygen atoms in total. The Balaban J connectivity index is 2.16. The van der Waals surface area contributed by atoms with Gasteiger partial charge in [0.05, 0.1) is 0 Å². The van der Waals surface area contributed by atoms with Crippen LogP contribution in [0.15, 0.2) is 65.1 Å². The van der Waals surface area contributed by atoms with Crippen molar-refractivity contribution >= 4 is 0 Å². The van der Waals surface area contributed by atoms with E-state index in [1.54, 1.807) is 0 Å². The van der Waals surface area contributed by atoms with E-state index in [0.717, 1.165) is 36.3 Å². The normalized spacial score (nSPS) is 13.4. The van der Waals surface area contributed by atoms with Gasteiger partial charge in [0.1, 0.15) is 11.5 Å². The highest BCUT2D eigenvalue weighted by Crippen LogP contribution is 2.34. The Hall–Kier alpha value is -2.02. The minimum atomic E-state index is 0.0581. The van der Waals surface area contributed by atoms with E-state index >= 15 is 0 Å². The highest BCUT2D eigenvalue weighted by molar-refractivity contribution is 5.58. The molecule has 0 spiro atoms. The third-order valence-corrected chi connectivity index (χ3v) is 4.40. The van der Waals surface area contributed by atoms with Gasteiger partial charge in [-0.3, -0.25) is 0 Å². The van der Waals surface area contributed by atoms with E-state index in [-0.39, 0.29) is 5.41 Å². The molecule has 1 heterocycles. The lowest BCUT2D eigenvalue weighted by molar-refractivity contribution is 0.354. The average Bonchev–Trinajstić information content (AvgIpc) is 2.88. The predicted octanol–water partition coefficient (Wildman–Crippen LogP) is 6.74. The van der Waals surface area contributed by atoms with Gasteiger partial charge in [0.2, 0.25) is 0 Å². The Morgan fingerprint density at radius 2 is 1.91 bits per heavy atom. The van der Waals surface area contributed by atoms with Crippen LogP contribution < -0.4 is 0 Å². The van der Waals surface area contributed by atoms with Gasteiger partial charge in [-0.2, -0.15) is 0 Å². The minimum absolute atomic E-state index is 0.0581. The quantitative estimate of drug-likeness (QED) is 0.516. The molecule has 2 aromatic rings. The zero-order valence-corrected chi connectivity index (χ0v) is 14.9. The summed E-state index contributed by atoms with van der Waals surface area (Å²) in [5.74, 6) is 2.03. The molecule has 2 rings (SSSR count). The van der Waals surface area contributed by atoms with Gasteiger partial charge in [0, 0.05) is 12.0 Å².